The maximum atomic E-state index is 9.01. The highest BCUT2D eigenvalue weighted by Gasteiger charge is 2.24. The van der Waals surface area contributed by atoms with Gasteiger partial charge in [-0.25, -0.2) is 0 Å². The Bertz CT molecular complexity index is 207. The van der Waals surface area contributed by atoms with Crippen LogP contribution in [0.2, 0.25) is 0 Å². The molecule has 0 aromatic carbocycles. The highest BCUT2D eigenvalue weighted by Crippen LogP contribution is 2.16. The molecule has 0 saturated heterocycles. The van der Waals surface area contributed by atoms with E-state index in [1.807, 2.05) is 0 Å². The maximum Gasteiger partial charge on any atom is 0.0826 e. The number of nitrogens with zero attached hydrogens (tertiary/aromatic N) is 1. The average Bonchev–Trinajstić information content (AvgIpc) is 2.54. The monoisotopic (exact) mass is 317 g/mol. The molecule has 0 rings (SSSR count). The molecule has 4 heteroatoms. The summed E-state index contributed by atoms with van der Waals surface area (Å²) in [6, 6.07) is 0. The number of unbranched alkanes of at least 4 members (excludes halogenated alkanes) is 4. The number of carboxylic acids is 1. The summed E-state index contributed by atoms with van der Waals surface area (Å²) in [6.07, 6.45) is 11.1. The van der Waals surface area contributed by atoms with Gasteiger partial charge in [0.1, 0.15) is 0 Å². The summed E-state index contributed by atoms with van der Waals surface area (Å²) in [7, 11) is 0. The summed E-state index contributed by atoms with van der Waals surface area (Å²) in [5.41, 5.74) is 0. The summed E-state index contributed by atoms with van der Waals surface area (Å²) in [6.45, 7) is 14.1. The second-order valence-corrected chi connectivity index (χ2v) is 6.18. The molecule has 0 aliphatic heterocycles. The summed E-state index contributed by atoms with van der Waals surface area (Å²) < 4.78 is 1.42. The van der Waals surface area contributed by atoms with Gasteiger partial charge in [-0.05, 0) is 25.7 Å². The average molecular weight is 318 g/mol. The molecule has 22 heavy (non-hydrogen) atoms. The quantitative estimate of drug-likeness (QED) is 0.531. The van der Waals surface area contributed by atoms with Crippen LogP contribution in [0.4, 0.5) is 0 Å². The van der Waals surface area contributed by atoms with Crippen LogP contribution in [0, 0.1) is 0 Å². The molecule has 0 aromatic heterocycles. The van der Waals surface area contributed by atoms with E-state index in [9.17, 15) is 0 Å². The maximum absolute atomic E-state index is 9.01. The van der Waals surface area contributed by atoms with Crippen LogP contribution in [-0.2, 0) is 4.79 Å². The zero-order valence-corrected chi connectivity index (χ0v) is 15.4. The van der Waals surface area contributed by atoms with E-state index in [1.54, 1.807) is 0 Å². The Morgan fingerprint density at radius 1 is 0.773 bits per heavy atom. The number of hydrogen-bond acceptors (Lipinski definition) is 3. The van der Waals surface area contributed by atoms with Crippen molar-refractivity contribution in [2.24, 2.45) is 0 Å². The van der Waals surface area contributed by atoms with Crippen molar-refractivity contribution in [1.82, 2.24) is 0 Å². The van der Waals surface area contributed by atoms with Crippen LogP contribution in [-0.4, -0.2) is 48.3 Å². The number of quaternary nitrogens is 1. The number of aliphatic hydroxyl groups is 1. The lowest BCUT2D eigenvalue weighted by molar-refractivity contribution is -0.929. The van der Waals surface area contributed by atoms with Gasteiger partial charge in [0, 0.05) is 0 Å². The first kappa shape index (κ1) is 23.7. The number of hydrogen-bond donors (Lipinski definition) is 1. The van der Waals surface area contributed by atoms with Gasteiger partial charge >= 0.3 is 0 Å². The fourth-order valence-electron chi connectivity index (χ4n) is 2.64. The normalized spacial score (nSPS) is 11.0. The number of carbonyl (C=O) groups excluding carboxylic acids is 1. The van der Waals surface area contributed by atoms with Crippen molar-refractivity contribution < 1.29 is 19.5 Å². The van der Waals surface area contributed by atoms with Crippen LogP contribution < -0.4 is 5.11 Å². The zero-order chi connectivity index (χ0) is 17.3. The lowest BCUT2D eigenvalue weighted by Gasteiger charge is -2.39. The first-order valence-corrected chi connectivity index (χ1v) is 9.17. The van der Waals surface area contributed by atoms with Crippen molar-refractivity contribution in [1.29, 1.82) is 0 Å². The molecule has 0 spiro atoms. The smallest absolute Gasteiger partial charge is 0.0826 e. The van der Waals surface area contributed by atoms with Gasteiger partial charge in [0.25, 0.3) is 0 Å². The van der Waals surface area contributed by atoms with E-state index in [0.717, 1.165) is 0 Å². The van der Waals surface area contributed by atoms with Gasteiger partial charge in [-0.15, -0.1) is 0 Å². The third kappa shape index (κ3) is 14.3. The first-order valence-electron chi connectivity index (χ1n) is 9.17. The van der Waals surface area contributed by atoms with E-state index in [2.05, 4.69) is 27.7 Å². The second kappa shape index (κ2) is 16.8. The van der Waals surface area contributed by atoms with E-state index in [4.69, 9.17) is 15.0 Å². The van der Waals surface area contributed by atoms with Gasteiger partial charge in [-0.2, -0.15) is 0 Å². The van der Waals surface area contributed by atoms with E-state index in [0.29, 0.717) is 0 Å². The molecular formula is C18H39NO3. The van der Waals surface area contributed by atoms with E-state index >= 15 is 0 Å². The first-order chi connectivity index (χ1) is 10.5. The molecule has 0 aromatic rings. The number of aliphatic carboxylic acids is 1. The molecule has 0 heterocycles. The number of carbonyl (C=O) groups is 1. The van der Waals surface area contributed by atoms with E-state index in [1.165, 1.54) is 82.0 Å². The fourth-order valence-corrected chi connectivity index (χ4v) is 2.64. The summed E-state index contributed by atoms with van der Waals surface area (Å²) in [5.74, 6) is -1.44. The van der Waals surface area contributed by atoms with Crippen molar-refractivity contribution in [3.8, 4) is 0 Å². The third-order valence-corrected chi connectivity index (χ3v) is 4.07. The second-order valence-electron chi connectivity index (χ2n) is 6.18. The van der Waals surface area contributed by atoms with Crippen molar-refractivity contribution >= 4 is 5.97 Å². The van der Waals surface area contributed by atoms with Gasteiger partial charge in [0.2, 0.25) is 0 Å². The Hall–Kier alpha value is -0.610. The van der Waals surface area contributed by atoms with Crippen LogP contribution in [0.3, 0.4) is 0 Å². The Morgan fingerprint density at radius 2 is 1.00 bits per heavy atom. The summed E-state index contributed by atoms with van der Waals surface area (Å²) >= 11 is 0. The summed E-state index contributed by atoms with van der Waals surface area (Å²) in [5, 5.41) is 16.5. The molecule has 0 saturated carbocycles. The molecule has 0 amide bonds. The van der Waals surface area contributed by atoms with Crippen LogP contribution in [0.25, 0.3) is 0 Å². The van der Waals surface area contributed by atoms with Crippen molar-refractivity contribution in [3.63, 3.8) is 0 Å². The highest BCUT2D eigenvalue weighted by molar-refractivity contribution is 5.65. The molecule has 134 valence electrons. The highest BCUT2D eigenvalue weighted by atomic mass is 16.4. The molecular weight excluding hydrogens is 278 g/mol. The predicted octanol–water partition coefficient (Wildman–Crippen LogP) is 2.73. The number of carboxylic acid groups (broad SMARTS) is 1. The zero-order valence-electron chi connectivity index (χ0n) is 15.4. The van der Waals surface area contributed by atoms with Gasteiger partial charge in [0.05, 0.1) is 38.8 Å². The predicted molar refractivity (Wildman–Crippen MR) is 91.5 cm³/mol. The molecule has 0 atom stereocenters. The van der Waals surface area contributed by atoms with Crippen molar-refractivity contribution in [3.05, 3.63) is 0 Å². The van der Waals surface area contributed by atoms with Crippen LogP contribution >= 0.6 is 0 Å². The minimum atomic E-state index is -1.44. The standard InChI is InChI=1S/C16H36N.C2H4O3/c1-5-9-13-17(14-10-6-2,15-11-7-3)16-12-8-4;3-1-2(4)5/h5-16H2,1-4H3;3H,1H2,(H,4,5)/q+1;/p-1. The molecule has 0 fully saturated rings. The minimum absolute atomic E-state index is 0.889. The molecule has 0 unspecified atom stereocenters. The molecule has 0 aliphatic carbocycles. The van der Waals surface area contributed by atoms with Gasteiger partial charge in [-0.1, -0.05) is 53.4 Å². The van der Waals surface area contributed by atoms with Crippen LogP contribution in [0.5, 0.6) is 0 Å². The Morgan fingerprint density at radius 3 is 1.14 bits per heavy atom. The minimum Gasteiger partial charge on any atom is -0.548 e. The topological polar surface area (TPSA) is 60.4 Å². The lowest BCUT2D eigenvalue weighted by atomic mass is 10.1. The molecule has 0 aliphatic rings. The van der Waals surface area contributed by atoms with E-state index in [-0.39, 0.29) is 0 Å². The molecule has 1 N–H and O–H groups in total. The van der Waals surface area contributed by atoms with Crippen molar-refractivity contribution in [2.45, 2.75) is 79.1 Å². The largest absolute Gasteiger partial charge is 0.548 e. The molecule has 0 bridgehead atoms. The lowest BCUT2D eigenvalue weighted by Crippen LogP contribution is -2.50. The fraction of sp³-hybridized carbons (Fsp3) is 0.944. The molecule has 0 radical (unpaired) electrons. The molecule has 4 nitrogen and oxygen atoms in total. The Labute approximate surface area is 138 Å². The van der Waals surface area contributed by atoms with Crippen LogP contribution in [0.1, 0.15) is 79.1 Å². The van der Waals surface area contributed by atoms with Gasteiger partial charge in [-0.3, -0.25) is 0 Å². The van der Waals surface area contributed by atoms with Gasteiger partial charge in [0.15, 0.2) is 0 Å². The number of rotatable bonds is 13. The number of aliphatic hydroxyl groups excluding tert-OH is 1. The van der Waals surface area contributed by atoms with Crippen LogP contribution in [0.15, 0.2) is 0 Å². The van der Waals surface area contributed by atoms with Crippen molar-refractivity contribution in [2.75, 3.05) is 32.8 Å². The van der Waals surface area contributed by atoms with Gasteiger partial charge < -0.3 is 19.5 Å². The Kier molecular flexibility index (Phi) is 18.0. The SMILES string of the molecule is CCCC[N+](CCCC)(CCCC)CCCC.O=C([O-])CO. The third-order valence-electron chi connectivity index (χ3n) is 4.07. The summed E-state index contributed by atoms with van der Waals surface area (Å²) in [4.78, 5) is 9.01. The Balaban J connectivity index is 0. The van der Waals surface area contributed by atoms with E-state index < -0.39 is 12.6 Å².